The molecule has 2 aliphatic rings. The summed E-state index contributed by atoms with van der Waals surface area (Å²) < 4.78 is 28.6. The van der Waals surface area contributed by atoms with E-state index in [-0.39, 0.29) is 12.5 Å². The van der Waals surface area contributed by atoms with Crippen LogP contribution in [0.1, 0.15) is 57.8 Å². The van der Waals surface area contributed by atoms with E-state index in [0.29, 0.717) is 13.0 Å². The number of piperidine rings is 1. The average molecular weight is 318 g/mol. The van der Waals surface area contributed by atoms with Crippen LogP contribution < -0.4 is 0 Å². The first-order valence-corrected chi connectivity index (χ1v) is 9.29. The SMILES string of the molecule is CN(C1CCCCC1)S(=O)(=O)N1CCCCC1CC(=O)O. The lowest BCUT2D eigenvalue weighted by molar-refractivity contribution is -0.138. The summed E-state index contributed by atoms with van der Waals surface area (Å²) >= 11 is 0. The van der Waals surface area contributed by atoms with Crippen molar-refractivity contribution in [2.24, 2.45) is 0 Å². The third kappa shape index (κ3) is 3.96. The molecule has 2 fully saturated rings. The molecular weight excluding hydrogens is 292 g/mol. The summed E-state index contributed by atoms with van der Waals surface area (Å²) in [4.78, 5) is 11.0. The molecule has 2 rings (SSSR count). The Labute approximate surface area is 127 Å². The van der Waals surface area contributed by atoms with Gasteiger partial charge in [0.15, 0.2) is 0 Å². The van der Waals surface area contributed by atoms with Gasteiger partial charge >= 0.3 is 5.97 Å². The molecule has 0 bridgehead atoms. The Morgan fingerprint density at radius 3 is 2.38 bits per heavy atom. The van der Waals surface area contributed by atoms with Gasteiger partial charge in [-0.05, 0) is 25.7 Å². The van der Waals surface area contributed by atoms with Crippen molar-refractivity contribution in [2.45, 2.75) is 69.9 Å². The molecule has 0 aromatic carbocycles. The number of hydrogen-bond donors (Lipinski definition) is 1. The Kier molecular flexibility index (Phi) is 5.62. The summed E-state index contributed by atoms with van der Waals surface area (Å²) in [7, 11) is -1.90. The quantitative estimate of drug-likeness (QED) is 0.839. The van der Waals surface area contributed by atoms with Crippen molar-refractivity contribution >= 4 is 16.2 Å². The zero-order valence-electron chi connectivity index (χ0n) is 12.7. The van der Waals surface area contributed by atoms with E-state index in [2.05, 4.69) is 0 Å². The lowest BCUT2D eigenvalue weighted by Crippen LogP contribution is -2.52. The molecule has 1 N–H and O–H groups in total. The van der Waals surface area contributed by atoms with E-state index in [0.717, 1.165) is 38.5 Å². The maximum Gasteiger partial charge on any atom is 0.304 e. The van der Waals surface area contributed by atoms with E-state index in [9.17, 15) is 13.2 Å². The van der Waals surface area contributed by atoms with Crippen LogP contribution in [0.3, 0.4) is 0 Å². The molecule has 1 saturated carbocycles. The molecule has 0 spiro atoms. The smallest absolute Gasteiger partial charge is 0.304 e. The van der Waals surface area contributed by atoms with E-state index in [1.807, 2.05) is 0 Å². The van der Waals surface area contributed by atoms with Crippen molar-refractivity contribution in [1.82, 2.24) is 8.61 Å². The Bertz CT molecular complexity index is 460. The first-order chi connectivity index (χ1) is 9.93. The van der Waals surface area contributed by atoms with Gasteiger partial charge in [0.1, 0.15) is 0 Å². The van der Waals surface area contributed by atoms with Gasteiger partial charge in [-0.25, -0.2) is 0 Å². The van der Waals surface area contributed by atoms with Crippen LogP contribution in [0.4, 0.5) is 0 Å². The van der Waals surface area contributed by atoms with Crippen LogP contribution >= 0.6 is 0 Å². The standard InChI is InChI=1S/C14H26N2O4S/c1-15(12-7-3-2-4-8-12)21(19,20)16-10-6-5-9-13(16)11-14(17)18/h12-13H,2-11H2,1H3,(H,17,18). The van der Waals surface area contributed by atoms with Crippen molar-refractivity contribution in [3.8, 4) is 0 Å². The highest BCUT2D eigenvalue weighted by molar-refractivity contribution is 7.86. The van der Waals surface area contributed by atoms with Gasteiger partial charge in [-0.15, -0.1) is 0 Å². The van der Waals surface area contributed by atoms with Crippen LogP contribution in [0, 0.1) is 0 Å². The molecule has 6 nitrogen and oxygen atoms in total. The minimum Gasteiger partial charge on any atom is -0.481 e. The largest absolute Gasteiger partial charge is 0.481 e. The highest BCUT2D eigenvalue weighted by Crippen LogP contribution is 2.29. The van der Waals surface area contributed by atoms with E-state index in [4.69, 9.17) is 5.11 Å². The van der Waals surface area contributed by atoms with Gasteiger partial charge in [-0.1, -0.05) is 25.7 Å². The molecule has 1 atom stereocenters. The lowest BCUT2D eigenvalue weighted by atomic mass is 9.96. The Morgan fingerprint density at radius 2 is 1.76 bits per heavy atom. The van der Waals surface area contributed by atoms with Gasteiger partial charge in [-0.2, -0.15) is 17.0 Å². The summed E-state index contributed by atoms with van der Waals surface area (Å²) in [5, 5.41) is 9.00. The van der Waals surface area contributed by atoms with Crippen LogP contribution in [-0.4, -0.2) is 53.8 Å². The molecule has 0 radical (unpaired) electrons. The summed E-state index contributed by atoms with van der Waals surface area (Å²) in [5.41, 5.74) is 0. The predicted molar refractivity (Wildman–Crippen MR) is 80.2 cm³/mol. The molecule has 0 aromatic heterocycles. The van der Waals surface area contributed by atoms with Crippen molar-refractivity contribution in [1.29, 1.82) is 0 Å². The summed E-state index contributed by atoms with van der Waals surface area (Å²) in [6.07, 6.45) is 7.40. The fourth-order valence-corrected chi connectivity index (χ4v) is 5.32. The molecule has 122 valence electrons. The molecule has 1 unspecified atom stereocenters. The van der Waals surface area contributed by atoms with Crippen molar-refractivity contribution in [2.75, 3.05) is 13.6 Å². The van der Waals surface area contributed by atoms with E-state index >= 15 is 0 Å². The van der Waals surface area contributed by atoms with Crippen molar-refractivity contribution in [3.05, 3.63) is 0 Å². The van der Waals surface area contributed by atoms with Crippen LogP contribution in [0.25, 0.3) is 0 Å². The monoisotopic (exact) mass is 318 g/mol. The molecule has 21 heavy (non-hydrogen) atoms. The average Bonchev–Trinajstić information content (AvgIpc) is 2.47. The van der Waals surface area contributed by atoms with Gasteiger partial charge in [0.05, 0.1) is 6.42 Å². The molecule has 1 heterocycles. The zero-order chi connectivity index (χ0) is 15.5. The third-order valence-corrected chi connectivity index (χ3v) is 6.83. The van der Waals surface area contributed by atoms with Crippen LogP contribution in [-0.2, 0) is 15.0 Å². The summed E-state index contributed by atoms with van der Waals surface area (Å²) in [6.45, 7) is 0.442. The first kappa shape index (κ1) is 16.7. The van der Waals surface area contributed by atoms with Gasteiger partial charge in [0.2, 0.25) is 0 Å². The number of carbonyl (C=O) groups is 1. The normalized spacial score (nSPS) is 26.1. The number of nitrogens with zero attached hydrogens (tertiary/aromatic N) is 2. The molecule has 0 amide bonds. The third-order valence-electron chi connectivity index (χ3n) is 4.73. The van der Waals surface area contributed by atoms with Crippen molar-refractivity contribution < 1.29 is 18.3 Å². The second-order valence-corrected chi connectivity index (χ2v) is 8.11. The summed E-state index contributed by atoms with van der Waals surface area (Å²) in [5.74, 6) is -0.928. The number of aliphatic carboxylic acids is 1. The van der Waals surface area contributed by atoms with E-state index in [1.165, 1.54) is 15.0 Å². The number of rotatable bonds is 5. The minimum atomic E-state index is -3.55. The van der Waals surface area contributed by atoms with E-state index in [1.54, 1.807) is 7.05 Å². The van der Waals surface area contributed by atoms with Crippen LogP contribution in [0.2, 0.25) is 0 Å². The Balaban J connectivity index is 2.12. The van der Waals surface area contributed by atoms with Gasteiger partial charge in [0.25, 0.3) is 10.2 Å². The topological polar surface area (TPSA) is 77.9 Å². The Hall–Kier alpha value is -0.660. The van der Waals surface area contributed by atoms with E-state index < -0.39 is 22.2 Å². The fraction of sp³-hybridized carbons (Fsp3) is 0.929. The second kappa shape index (κ2) is 7.07. The molecular formula is C14H26N2O4S. The molecule has 7 heteroatoms. The number of carboxylic acid groups (broad SMARTS) is 1. The fourth-order valence-electron chi connectivity index (χ4n) is 3.48. The first-order valence-electron chi connectivity index (χ1n) is 7.89. The highest BCUT2D eigenvalue weighted by Gasteiger charge is 2.38. The summed E-state index contributed by atoms with van der Waals surface area (Å²) in [6, 6.07) is -0.330. The molecule has 1 aliphatic carbocycles. The van der Waals surface area contributed by atoms with Gasteiger partial charge in [-0.3, -0.25) is 4.79 Å². The van der Waals surface area contributed by atoms with Gasteiger partial charge in [0, 0.05) is 25.7 Å². The Morgan fingerprint density at radius 1 is 1.14 bits per heavy atom. The van der Waals surface area contributed by atoms with Gasteiger partial charge < -0.3 is 5.11 Å². The van der Waals surface area contributed by atoms with Crippen molar-refractivity contribution in [3.63, 3.8) is 0 Å². The second-order valence-electron chi connectivity index (χ2n) is 6.17. The maximum atomic E-state index is 12.8. The number of carboxylic acids is 1. The molecule has 0 aromatic rings. The highest BCUT2D eigenvalue weighted by atomic mass is 32.2. The van der Waals surface area contributed by atoms with Crippen LogP contribution in [0.5, 0.6) is 0 Å². The lowest BCUT2D eigenvalue weighted by Gasteiger charge is -2.39. The maximum absolute atomic E-state index is 12.8. The number of hydrogen-bond acceptors (Lipinski definition) is 3. The zero-order valence-corrected chi connectivity index (χ0v) is 13.5. The molecule has 1 aliphatic heterocycles. The molecule has 1 saturated heterocycles. The van der Waals surface area contributed by atoms with Crippen LogP contribution in [0.15, 0.2) is 0 Å². The minimum absolute atomic E-state index is 0.0659. The predicted octanol–water partition coefficient (Wildman–Crippen LogP) is 1.82.